The van der Waals surface area contributed by atoms with Crippen LogP contribution >= 0.6 is 0 Å². The molecular weight excluding hydrogens is 278 g/mol. The van der Waals surface area contributed by atoms with E-state index in [-0.39, 0.29) is 17.5 Å². The fourth-order valence-corrected chi connectivity index (χ4v) is 4.15. The Morgan fingerprint density at radius 2 is 2.20 bits per heavy atom. The third-order valence-electron chi connectivity index (χ3n) is 3.99. The van der Waals surface area contributed by atoms with E-state index in [4.69, 9.17) is 5.11 Å². The normalized spacial score (nSPS) is 27.6. The molecule has 1 heterocycles. The molecule has 0 spiro atoms. The Kier molecular flexibility index (Phi) is 4.82. The lowest BCUT2D eigenvalue weighted by Crippen LogP contribution is -2.42. The van der Waals surface area contributed by atoms with Gasteiger partial charge in [0, 0.05) is 12.2 Å². The van der Waals surface area contributed by atoms with E-state index in [1.54, 1.807) is 0 Å². The fourth-order valence-electron chi connectivity index (χ4n) is 2.82. The van der Waals surface area contributed by atoms with Gasteiger partial charge in [-0.2, -0.15) is 5.10 Å². The van der Waals surface area contributed by atoms with Crippen molar-refractivity contribution in [2.24, 2.45) is 11.8 Å². The molecule has 3 atom stereocenters. The van der Waals surface area contributed by atoms with Crippen LogP contribution in [0.25, 0.3) is 0 Å². The van der Waals surface area contributed by atoms with E-state index >= 15 is 0 Å². The van der Waals surface area contributed by atoms with Gasteiger partial charge < -0.3 is 5.11 Å². The predicted molar refractivity (Wildman–Crippen MR) is 75.6 cm³/mol. The van der Waals surface area contributed by atoms with Gasteiger partial charge in [-0.15, -0.1) is 0 Å². The van der Waals surface area contributed by atoms with Crippen LogP contribution in [0.4, 0.5) is 0 Å². The summed E-state index contributed by atoms with van der Waals surface area (Å²) in [6.07, 6.45) is 5.77. The minimum absolute atomic E-state index is 0.00241. The lowest BCUT2D eigenvalue weighted by Gasteiger charge is -2.32. The van der Waals surface area contributed by atoms with Crippen molar-refractivity contribution in [2.75, 3.05) is 6.61 Å². The van der Waals surface area contributed by atoms with Crippen LogP contribution in [-0.4, -0.2) is 36.0 Å². The van der Waals surface area contributed by atoms with Crippen molar-refractivity contribution in [2.45, 2.75) is 50.6 Å². The van der Waals surface area contributed by atoms with E-state index < -0.39 is 10.0 Å². The summed E-state index contributed by atoms with van der Waals surface area (Å²) in [6, 6.07) is -0.00241. The minimum atomic E-state index is -3.52. The van der Waals surface area contributed by atoms with Crippen molar-refractivity contribution in [1.29, 1.82) is 0 Å². The number of hydrogen-bond donors (Lipinski definition) is 2. The monoisotopic (exact) mass is 301 g/mol. The maximum atomic E-state index is 12.3. The van der Waals surface area contributed by atoms with E-state index in [9.17, 15) is 8.42 Å². The number of rotatable bonds is 5. The summed E-state index contributed by atoms with van der Waals surface area (Å²) in [4.78, 5) is 0.164. The zero-order valence-electron chi connectivity index (χ0n) is 12.0. The molecule has 1 aromatic heterocycles. The van der Waals surface area contributed by atoms with Crippen LogP contribution < -0.4 is 4.72 Å². The van der Waals surface area contributed by atoms with Crippen LogP contribution in [0.5, 0.6) is 0 Å². The highest BCUT2D eigenvalue weighted by atomic mass is 32.2. The molecule has 7 heteroatoms. The zero-order valence-corrected chi connectivity index (χ0v) is 12.8. The molecule has 2 rings (SSSR count). The molecule has 1 aromatic rings. The molecule has 0 bridgehead atoms. The maximum absolute atomic E-state index is 12.3. The highest BCUT2D eigenvalue weighted by Crippen LogP contribution is 2.29. The number of aliphatic hydroxyl groups excluding tert-OH is 1. The van der Waals surface area contributed by atoms with Crippen LogP contribution in [0.3, 0.4) is 0 Å². The molecule has 1 aliphatic rings. The first-order valence-electron chi connectivity index (χ1n) is 7.08. The minimum Gasteiger partial charge on any atom is -0.394 e. The molecule has 0 saturated heterocycles. The molecule has 0 amide bonds. The second-order valence-corrected chi connectivity index (χ2v) is 7.50. The summed E-state index contributed by atoms with van der Waals surface area (Å²) >= 11 is 0. The van der Waals surface area contributed by atoms with Crippen LogP contribution in [0.1, 0.15) is 33.1 Å². The van der Waals surface area contributed by atoms with E-state index in [2.05, 4.69) is 23.7 Å². The number of nitrogens with one attached hydrogen (secondary N) is 1. The summed E-state index contributed by atoms with van der Waals surface area (Å²) in [7, 11) is -3.52. The average Bonchev–Trinajstić information content (AvgIpc) is 2.83. The van der Waals surface area contributed by atoms with E-state index in [1.165, 1.54) is 17.1 Å². The summed E-state index contributed by atoms with van der Waals surface area (Å²) < 4.78 is 28.9. The highest BCUT2D eigenvalue weighted by molar-refractivity contribution is 7.89. The topological polar surface area (TPSA) is 84.2 Å². The van der Waals surface area contributed by atoms with E-state index in [1.807, 2.05) is 0 Å². The van der Waals surface area contributed by atoms with Crippen molar-refractivity contribution >= 4 is 10.0 Å². The predicted octanol–water partition coefficient (Wildman–Crippen LogP) is 0.978. The Bertz CT molecular complexity index is 541. The fraction of sp³-hybridized carbons (Fsp3) is 0.769. The zero-order chi connectivity index (χ0) is 14.8. The molecule has 1 fully saturated rings. The Morgan fingerprint density at radius 3 is 2.85 bits per heavy atom. The van der Waals surface area contributed by atoms with Crippen molar-refractivity contribution in [1.82, 2.24) is 14.5 Å². The largest absolute Gasteiger partial charge is 0.394 e. The van der Waals surface area contributed by atoms with Gasteiger partial charge in [0.15, 0.2) is 0 Å². The SMILES string of the molecule is CC1CCC(NS(=O)(=O)c2cnn(CCO)c2)C(C)C1. The lowest BCUT2D eigenvalue weighted by molar-refractivity contribution is 0.249. The van der Waals surface area contributed by atoms with Crippen LogP contribution in [0.15, 0.2) is 17.3 Å². The van der Waals surface area contributed by atoms with Gasteiger partial charge in [0.25, 0.3) is 0 Å². The number of nitrogens with zero attached hydrogens (tertiary/aromatic N) is 2. The van der Waals surface area contributed by atoms with Gasteiger partial charge in [0.05, 0.1) is 19.3 Å². The molecule has 1 aliphatic carbocycles. The number of hydrogen-bond acceptors (Lipinski definition) is 4. The van der Waals surface area contributed by atoms with Gasteiger partial charge >= 0.3 is 0 Å². The van der Waals surface area contributed by atoms with Gasteiger partial charge in [-0.1, -0.05) is 13.8 Å². The van der Waals surface area contributed by atoms with Gasteiger partial charge in [-0.3, -0.25) is 4.68 Å². The Labute approximate surface area is 120 Å². The molecule has 0 radical (unpaired) electrons. The van der Waals surface area contributed by atoms with Gasteiger partial charge in [-0.25, -0.2) is 13.1 Å². The third kappa shape index (κ3) is 3.59. The van der Waals surface area contributed by atoms with Gasteiger partial charge in [0.1, 0.15) is 4.90 Å². The molecule has 0 aromatic carbocycles. The standard InChI is InChI=1S/C13H23N3O3S/c1-10-3-4-13(11(2)7-10)15-20(18,19)12-8-14-16(9-12)5-6-17/h8-11,13,15,17H,3-7H2,1-2H3. The van der Waals surface area contributed by atoms with Crippen LogP contribution in [0, 0.1) is 11.8 Å². The number of sulfonamides is 1. The smallest absolute Gasteiger partial charge is 0.243 e. The summed E-state index contributed by atoms with van der Waals surface area (Å²) in [5.74, 6) is 1.01. The molecule has 3 unspecified atom stereocenters. The van der Waals surface area contributed by atoms with Crippen molar-refractivity contribution in [3.05, 3.63) is 12.4 Å². The van der Waals surface area contributed by atoms with Crippen molar-refractivity contribution in [3.8, 4) is 0 Å². The molecule has 20 heavy (non-hydrogen) atoms. The second kappa shape index (κ2) is 6.24. The quantitative estimate of drug-likeness (QED) is 0.849. The van der Waals surface area contributed by atoms with Crippen molar-refractivity contribution < 1.29 is 13.5 Å². The van der Waals surface area contributed by atoms with Crippen molar-refractivity contribution in [3.63, 3.8) is 0 Å². The first kappa shape index (κ1) is 15.5. The summed E-state index contributed by atoms with van der Waals surface area (Å²) in [5.41, 5.74) is 0. The first-order valence-corrected chi connectivity index (χ1v) is 8.56. The number of aromatic nitrogens is 2. The Balaban J connectivity index is 2.06. The average molecular weight is 301 g/mol. The summed E-state index contributed by atoms with van der Waals surface area (Å²) in [6.45, 7) is 4.54. The molecule has 1 saturated carbocycles. The van der Waals surface area contributed by atoms with E-state index in [0.29, 0.717) is 18.4 Å². The Morgan fingerprint density at radius 1 is 1.45 bits per heavy atom. The van der Waals surface area contributed by atoms with Crippen LogP contribution in [-0.2, 0) is 16.6 Å². The molecule has 2 N–H and O–H groups in total. The molecule has 0 aliphatic heterocycles. The van der Waals surface area contributed by atoms with E-state index in [0.717, 1.165) is 19.3 Å². The summed E-state index contributed by atoms with van der Waals surface area (Å²) in [5, 5.41) is 12.8. The van der Waals surface area contributed by atoms with Crippen LogP contribution in [0.2, 0.25) is 0 Å². The third-order valence-corrected chi connectivity index (χ3v) is 5.43. The maximum Gasteiger partial charge on any atom is 0.243 e. The van der Waals surface area contributed by atoms with Gasteiger partial charge in [0.2, 0.25) is 10.0 Å². The number of aliphatic hydroxyl groups is 1. The second-order valence-electron chi connectivity index (χ2n) is 5.79. The molecular formula is C13H23N3O3S. The van der Waals surface area contributed by atoms with Gasteiger partial charge in [-0.05, 0) is 31.1 Å². The lowest BCUT2D eigenvalue weighted by atomic mass is 9.80. The molecule has 6 nitrogen and oxygen atoms in total. The first-order chi connectivity index (χ1) is 9.42. The molecule has 114 valence electrons. The Hall–Kier alpha value is -0.920. The highest BCUT2D eigenvalue weighted by Gasteiger charge is 2.29.